The number of carbonyl (C=O) groups excluding carboxylic acids is 2. The Bertz CT molecular complexity index is 618. The number of rotatable bonds is 4. The molecule has 1 N–H and O–H groups in total. The summed E-state index contributed by atoms with van der Waals surface area (Å²) in [6, 6.07) is 4.60. The number of hydrogen-bond donors (Lipinski definition) is 1. The molecular weight excluding hydrogens is 298 g/mol. The Morgan fingerprint density at radius 2 is 1.95 bits per heavy atom. The maximum atomic E-state index is 11.5. The molecule has 1 aromatic rings. The number of aliphatic hydroxyl groups is 1. The van der Waals surface area contributed by atoms with Gasteiger partial charge >= 0.3 is 11.9 Å². The molecule has 0 spiro atoms. The molecule has 0 unspecified atom stereocenters. The monoisotopic (exact) mass is 311 g/mol. The van der Waals surface area contributed by atoms with Crippen LogP contribution in [-0.2, 0) is 14.3 Å². The largest absolute Gasteiger partial charge is 0.512 e. The maximum Gasteiger partial charge on any atom is 0.342 e. The predicted molar refractivity (Wildman–Crippen MR) is 78.3 cm³/mol. The fraction of sp³-hybridized carbons (Fsp3) is 0.214. The standard InChI is InChI=1S/C14H14ClNO5/c1-8(17)10(14(19)21-3)7-16-11-6-4-5-9(12(11)15)13(18)20-2/h4-7,17H,1-3H3. The first-order valence-corrected chi connectivity index (χ1v) is 6.19. The third-order valence-corrected chi connectivity index (χ3v) is 2.91. The van der Waals surface area contributed by atoms with Gasteiger partial charge in [-0.3, -0.25) is 4.99 Å². The first kappa shape index (κ1) is 16.7. The van der Waals surface area contributed by atoms with E-state index < -0.39 is 11.9 Å². The van der Waals surface area contributed by atoms with Gasteiger partial charge in [0.15, 0.2) is 0 Å². The molecule has 7 heteroatoms. The number of aliphatic hydroxyl groups excluding tert-OH is 1. The molecule has 0 bridgehead atoms. The van der Waals surface area contributed by atoms with Gasteiger partial charge in [0.05, 0.1) is 30.5 Å². The number of ether oxygens (including phenoxy) is 2. The SMILES string of the molecule is COC(=O)C(C=Nc1cccc(C(=O)OC)c1Cl)=C(C)O. The first-order valence-electron chi connectivity index (χ1n) is 5.81. The molecular formula is C14H14ClNO5. The molecule has 0 saturated heterocycles. The fourth-order valence-electron chi connectivity index (χ4n) is 1.42. The third-order valence-electron chi connectivity index (χ3n) is 2.51. The Labute approximate surface area is 126 Å². The summed E-state index contributed by atoms with van der Waals surface area (Å²) in [5, 5.41) is 9.51. The molecule has 0 aliphatic carbocycles. The van der Waals surface area contributed by atoms with Gasteiger partial charge < -0.3 is 14.6 Å². The number of allylic oxidation sites excluding steroid dienone is 1. The molecule has 0 radical (unpaired) electrons. The molecule has 21 heavy (non-hydrogen) atoms. The van der Waals surface area contributed by atoms with Crippen molar-refractivity contribution < 1.29 is 24.2 Å². The summed E-state index contributed by atoms with van der Waals surface area (Å²) in [7, 11) is 2.42. The Hall–Kier alpha value is -2.34. The van der Waals surface area contributed by atoms with Crippen LogP contribution in [0.5, 0.6) is 0 Å². The lowest BCUT2D eigenvalue weighted by atomic mass is 10.2. The number of nitrogens with zero attached hydrogens (tertiary/aromatic N) is 1. The maximum absolute atomic E-state index is 11.5. The van der Waals surface area contributed by atoms with Crippen LogP contribution in [0.3, 0.4) is 0 Å². The number of halogens is 1. The highest BCUT2D eigenvalue weighted by Crippen LogP contribution is 2.28. The van der Waals surface area contributed by atoms with E-state index in [1.54, 1.807) is 12.1 Å². The smallest absolute Gasteiger partial charge is 0.342 e. The Morgan fingerprint density at radius 1 is 1.29 bits per heavy atom. The van der Waals surface area contributed by atoms with Gasteiger partial charge in [-0.1, -0.05) is 17.7 Å². The van der Waals surface area contributed by atoms with Crippen LogP contribution in [0.1, 0.15) is 17.3 Å². The second-order valence-electron chi connectivity index (χ2n) is 3.88. The van der Waals surface area contributed by atoms with Crippen LogP contribution < -0.4 is 0 Å². The minimum atomic E-state index is -0.737. The van der Waals surface area contributed by atoms with Gasteiger partial charge in [-0.25, -0.2) is 9.59 Å². The van der Waals surface area contributed by atoms with E-state index >= 15 is 0 Å². The second-order valence-corrected chi connectivity index (χ2v) is 4.26. The van der Waals surface area contributed by atoms with E-state index in [4.69, 9.17) is 11.6 Å². The summed E-state index contributed by atoms with van der Waals surface area (Å²) >= 11 is 6.05. The summed E-state index contributed by atoms with van der Waals surface area (Å²) in [4.78, 5) is 26.9. The van der Waals surface area contributed by atoms with Crippen LogP contribution in [0.15, 0.2) is 34.5 Å². The van der Waals surface area contributed by atoms with Crippen LogP contribution in [-0.4, -0.2) is 37.5 Å². The van der Waals surface area contributed by atoms with Gasteiger partial charge in [-0.15, -0.1) is 0 Å². The number of benzene rings is 1. The van der Waals surface area contributed by atoms with E-state index in [9.17, 15) is 14.7 Å². The van der Waals surface area contributed by atoms with E-state index in [-0.39, 0.29) is 27.6 Å². The normalized spacial score (nSPS) is 12.0. The lowest BCUT2D eigenvalue weighted by Crippen LogP contribution is -2.08. The van der Waals surface area contributed by atoms with Crippen molar-refractivity contribution in [1.29, 1.82) is 0 Å². The van der Waals surface area contributed by atoms with Crippen molar-refractivity contribution in [2.24, 2.45) is 4.99 Å². The zero-order valence-electron chi connectivity index (χ0n) is 11.7. The molecule has 0 saturated carbocycles. The van der Waals surface area contributed by atoms with Crippen molar-refractivity contribution in [3.8, 4) is 0 Å². The van der Waals surface area contributed by atoms with E-state index in [1.165, 1.54) is 27.2 Å². The molecule has 0 heterocycles. The minimum Gasteiger partial charge on any atom is -0.512 e. The average Bonchev–Trinajstić information content (AvgIpc) is 2.47. The highest BCUT2D eigenvalue weighted by atomic mass is 35.5. The van der Waals surface area contributed by atoms with Crippen molar-refractivity contribution in [1.82, 2.24) is 0 Å². The lowest BCUT2D eigenvalue weighted by Gasteiger charge is -2.05. The molecule has 0 aromatic heterocycles. The van der Waals surface area contributed by atoms with E-state index in [0.717, 1.165) is 6.21 Å². The molecule has 112 valence electrons. The second kappa shape index (κ2) is 7.44. The summed E-state index contributed by atoms with van der Waals surface area (Å²) in [5.41, 5.74) is 0.289. The average molecular weight is 312 g/mol. The summed E-state index contributed by atoms with van der Waals surface area (Å²) < 4.78 is 9.11. The Morgan fingerprint density at radius 3 is 2.48 bits per heavy atom. The summed E-state index contributed by atoms with van der Waals surface area (Å²) in [5.74, 6) is -1.58. The highest BCUT2D eigenvalue weighted by Gasteiger charge is 2.14. The highest BCUT2D eigenvalue weighted by molar-refractivity contribution is 6.36. The van der Waals surface area contributed by atoms with Gasteiger partial charge in [-0.05, 0) is 19.1 Å². The minimum absolute atomic E-state index is 0.0837. The predicted octanol–water partition coefficient (Wildman–Crippen LogP) is 2.83. The molecule has 0 amide bonds. The van der Waals surface area contributed by atoms with Gasteiger partial charge in [0.2, 0.25) is 0 Å². The van der Waals surface area contributed by atoms with Crippen molar-refractivity contribution in [2.75, 3.05) is 14.2 Å². The summed E-state index contributed by atoms with van der Waals surface area (Å²) in [6.45, 7) is 1.32. The zero-order chi connectivity index (χ0) is 16.0. The Kier molecular flexibility index (Phi) is 5.92. The van der Waals surface area contributed by atoms with Crippen molar-refractivity contribution in [2.45, 2.75) is 6.92 Å². The number of aliphatic imine (C=N–C) groups is 1. The number of carbonyl (C=O) groups is 2. The lowest BCUT2D eigenvalue weighted by molar-refractivity contribution is -0.135. The zero-order valence-corrected chi connectivity index (χ0v) is 12.5. The molecule has 0 aliphatic rings. The van der Waals surface area contributed by atoms with E-state index in [2.05, 4.69) is 14.5 Å². The molecule has 6 nitrogen and oxygen atoms in total. The fourth-order valence-corrected chi connectivity index (χ4v) is 1.68. The van der Waals surface area contributed by atoms with Crippen LogP contribution in [0, 0.1) is 0 Å². The van der Waals surface area contributed by atoms with Crippen LogP contribution >= 0.6 is 11.6 Å². The molecule has 0 aliphatic heterocycles. The number of hydrogen-bond acceptors (Lipinski definition) is 6. The van der Waals surface area contributed by atoms with Crippen LogP contribution in [0.4, 0.5) is 5.69 Å². The molecule has 1 aromatic carbocycles. The van der Waals surface area contributed by atoms with Gasteiger partial charge in [-0.2, -0.15) is 0 Å². The topological polar surface area (TPSA) is 85.2 Å². The number of esters is 2. The molecule has 0 atom stereocenters. The van der Waals surface area contributed by atoms with E-state index in [0.29, 0.717) is 0 Å². The molecule has 0 fully saturated rings. The van der Waals surface area contributed by atoms with Crippen molar-refractivity contribution >= 4 is 35.4 Å². The third kappa shape index (κ3) is 4.06. The first-order chi connectivity index (χ1) is 9.92. The molecule has 1 rings (SSSR count). The summed E-state index contributed by atoms with van der Waals surface area (Å²) in [6.07, 6.45) is 1.11. The van der Waals surface area contributed by atoms with Crippen LogP contribution in [0.2, 0.25) is 5.02 Å². The van der Waals surface area contributed by atoms with Gasteiger partial charge in [0.25, 0.3) is 0 Å². The Balaban J connectivity index is 3.19. The van der Waals surface area contributed by atoms with Crippen LogP contribution in [0.25, 0.3) is 0 Å². The number of methoxy groups -OCH3 is 2. The van der Waals surface area contributed by atoms with Gasteiger partial charge in [0.1, 0.15) is 11.3 Å². The van der Waals surface area contributed by atoms with Gasteiger partial charge in [0, 0.05) is 6.21 Å². The van der Waals surface area contributed by atoms with Crippen molar-refractivity contribution in [3.05, 3.63) is 40.1 Å². The quantitative estimate of drug-likeness (QED) is 0.400. The van der Waals surface area contributed by atoms with Crippen molar-refractivity contribution in [3.63, 3.8) is 0 Å². The van der Waals surface area contributed by atoms with E-state index in [1.807, 2.05) is 0 Å².